The van der Waals surface area contributed by atoms with Crippen molar-refractivity contribution in [3.63, 3.8) is 0 Å². The van der Waals surface area contributed by atoms with E-state index in [0.29, 0.717) is 31.4 Å². The average Bonchev–Trinajstić information content (AvgIpc) is 3.34. The Morgan fingerprint density at radius 2 is 1.80 bits per heavy atom. The maximum absolute atomic E-state index is 12.8. The quantitative estimate of drug-likeness (QED) is 0.659. The predicted octanol–water partition coefficient (Wildman–Crippen LogP) is 3.89. The standard InChI is InChI=1S/C18H22F3NO3/c19-18(20,21)14-7-5-6-13(12-14)17(9-10-17)16(25)22-11-4-2-1-3-8-15(23)24/h5-7,12H,1-4,8-11H2,(H,22,25)(H,23,24). The molecule has 1 saturated carbocycles. The molecule has 7 heteroatoms. The van der Waals surface area contributed by atoms with Gasteiger partial charge in [-0.25, -0.2) is 0 Å². The lowest BCUT2D eigenvalue weighted by Gasteiger charge is -2.17. The molecule has 2 rings (SSSR count). The summed E-state index contributed by atoms with van der Waals surface area (Å²) in [6, 6.07) is 4.99. The summed E-state index contributed by atoms with van der Waals surface area (Å²) >= 11 is 0. The smallest absolute Gasteiger partial charge is 0.416 e. The van der Waals surface area contributed by atoms with Gasteiger partial charge in [-0.2, -0.15) is 13.2 Å². The lowest BCUT2D eigenvalue weighted by Crippen LogP contribution is -2.35. The maximum Gasteiger partial charge on any atom is 0.416 e. The second-order valence-corrected chi connectivity index (χ2v) is 6.47. The molecule has 0 saturated heterocycles. The van der Waals surface area contributed by atoms with Crippen molar-refractivity contribution in [3.05, 3.63) is 35.4 Å². The van der Waals surface area contributed by atoms with E-state index in [1.54, 1.807) is 6.07 Å². The van der Waals surface area contributed by atoms with Gasteiger partial charge in [0.15, 0.2) is 0 Å². The molecule has 0 spiro atoms. The molecule has 4 nitrogen and oxygen atoms in total. The molecule has 0 bridgehead atoms. The Kier molecular flexibility index (Phi) is 6.08. The summed E-state index contributed by atoms with van der Waals surface area (Å²) < 4.78 is 38.5. The lowest BCUT2D eigenvalue weighted by atomic mass is 9.93. The van der Waals surface area contributed by atoms with Gasteiger partial charge in [-0.05, 0) is 37.3 Å². The Morgan fingerprint density at radius 3 is 2.40 bits per heavy atom. The number of carbonyl (C=O) groups is 2. The van der Waals surface area contributed by atoms with Crippen molar-refractivity contribution in [3.8, 4) is 0 Å². The maximum atomic E-state index is 12.8. The number of amides is 1. The summed E-state index contributed by atoms with van der Waals surface area (Å²) in [6.45, 7) is 0.451. The van der Waals surface area contributed by atoms with E-state index in [0.717, 1.165) is 31.4 Å². The van der Waals surface area contributed by atoms with E-state index in [-0.39, 0.29) is 12.3 Å². The Hall–Kier alpha value is -2.05. The molecule has 2 N–H and O–H groups in total. The molecular formula is C18H22F3NO3. The molecule has 0 unspecified atom stereocenters. The van der Waals surface area contributed by atoms with Crippen molar-refractivity contribution in [2.75, 3.05) is 6.54 Å². The average molecular weight is 357 g/mol. The molecule has 1 amide bonds. The molecule has 1 aromatic rings. The molecule has 25 heavy (non-hydrogen) atoms. The van der Waals surface area contributed by atoms with E-state index in [1.165, 1.54) is 6.07 Å². The van der Waals surface area contributed by atoms with E-state index >= 15 is 0 Å². The molecule has 1 fully saturated rings. The zero-order valence-electron chi connectivity index (χ0n) is 13.9. The molecule has 0 aromatic heterocycles. The van der Waals surface area contributed by atoms with Gasteiger partial charge in [0, 0.05) is 13.0 Å². The fourth-order valence-corrected chi connectivity index (χ4v) is 2.89. The Balaban J connectivity index is 1.82. The predicted molar refractivity (Wildman–Crippen MR) is 86.1 cm³/mol. The zero-order chi connectivity index (χ0) is 18.5. The Labute approximate surface area is 144 Å². The molecule has 0 aliphatic heterocycles. The molecular weight excluding hydrogens is 335 g/mol. The van der Waals surface area contributed by atoms with Gasteiger partial charge in [-0.3, -0.25) is 9.59 Å². The van der Waals surface area contributed by atoms with Crippen molar-refractivity contribution >= 4 is 11.9 Å². The van der Waals surface area contributed by atoms with Crippen LogP contribution in [-0.4, -0.2) is 23.5 Å². The van der Waals surface area contributed by atoms with Crippen molar-refractivity contribution in [2.45, 2.75) is 56.5 Å². The number of carboxylic acids is 1. The van der Waals surface area contributed by atoms with Gasteiger partial charge in [0.25, 0.3) is 0 Å². The molecule has 0 heterocycles. The fraction of sp³-hybridized carbons (Fsp3) is 0.556. The van der Waals surface area contributed by atoms with Crippen LogP contribution in [0.4, 0.5) is 13.2 Å². The second kappa shape index (κ2) is 7.89. The van der Waals surface area contributed by atoms with Gasteiger partial charge in [0.1, 0.15) is 0 Å². The first kappa shape index (κ1) is 19.3. The number of carbonyl (C=O) groups excluding carboxylic acids is 1. The van der Waals surface area contributed by atoms with Crippen LogP contribution in [0.15, 0.2) is 24.3 Å². The lowest BCUT2D eigenvalue weighted by molar-refractivity contribution is -0.138. The number of benzene rings is 1. The van der Waals surface area contributed by atoms with Crippen LogP contribution in [0, 0.1) is 0 Å². The van der Waals surface area contributed by atoms with Crippen LogP contribution in [0.2, 0.25) is 0 Å². The van der Waals surface area contributed by atoms with Gasteiger partial charge >= 0.3 is 12.1 Å². The normalized spacial score (nSPS) is 15.6. The minimum Gasteiger partial charge on any atom is -0.481 e. The summed E-state index contributed by atoms with van der Waals surface area (Å²) in [7, 11) is 0. The minimum absolute atomic E-state index is 0.144. The monoisotopic (exact) mass is 357 g/mol. The highest BCUT2D eigenvalue weighted by molar-refractivity contribution is 5.91. The highest BCUT2D eigenvalue weighted by Crippen LogP contribution is 2.49. The van der Waals surface area contributed by atoms with Crippen LogP contribution in [0.1, 0.15) is 56.1 Å². The summed E-state index contributed by atoms with van der Waals surface area (Å²) in [5, 5.41) is 11.3. The molecule has 1 aliphatic rings. The van der Waals surface area contributed by atoms with E-state index < -0.39 is 23.1 Å². The van der Waals surface area contributed by atoms with Crippen LogP contribution in [0.3, 0.4) is 0 Å². The van der Waals surface area contributed by atoms with E-state index in [4.69, 9.17) is 5.11 Å². The highest BCUT2D eigenvalue weighted by Gasteiger charge is 2.51. The summed E-state index contributed by atoms with van der Waals surface area (Å²) in [5.41, 5.74) is -1.14. The Morgan fingerprint density at radius 1 is 1.12 bits per heavy atom. The molecule has 1 aliphatic carbocycles. The van der Waals surface area contributed by atoms with Crippen LogP contribution < -0.4 is 5.32 Å². The van der Waals surface area contributed by atoms with Crippen LogP contribution in [0.5, 0.6) is 0 Å². The van der Waals surface area contributed by atoms with Crippen molar-refractivity contribution in [1.82, 2.24) is 5.32 Å². The first-order chi connectivity index (χ1) is 11.8. The summed E-state index contributed by atoms with van der Waals surface area (Å²) in [4.78, 5) is 22.8. The second-order valence-electron chi connectivity index (χ2n) is 6.47. The number of halogens is 3. The largest absolute Gasteiger partial charge is 0.481 e. The Bertz CT molecular complexity index is 624. The molecule has 0 atom stereocenters. The summed E-state index contributed by atoms with van der Waals surface area (Å²) in [5.74, 6) is -1.04. The van der Waals surface area contributed by atoms with Crippen molar-refractivity contribution in [2.24, 2.45) is 0 Å². The SMILES string of the molecule is O=C(O)CCCCCCNC(=O)C1(c2cccc(C(F)(F)F)c2)CC1. The summed E-state index contributed by atoms with van der Waals surface area (Å²) in [6.07, 6.45) is -0.242. The van der Waals surface area contributed by atoms with Gasteiger partial charge in [0.05, 0.1) is 11.0 Å². The van der Waals surface area contributed by atoms with Crippen LogP contribution in [-0.2, 0) is 21.2 Å². The zero-order valence-corrected chi connectivity index (χ0v) is 13.9. The fourth-order valence-electron chi connectivity index (χ4n) is 2.89. The minimum atomic E-state index is -4.42. The van der Waals surface area contributed by atoms with Crippen LogP contribution >= 0.6 is 0 Å². The third-order valence-electron chi connectivity index (χ3n) is 4.53. The first-order valence-electron chi connectivity index (χ1n) is 8.43. The topological polar surface area (TPSA) is 66.4 Å². The number of carboxylic acid groups (broad SMARTS) is 1. The van der Waals surface area contributed by atoms with E-state index in [9.17, 15) is 22.8 Å². The number of aliphatic carboxylic acids is 1. The van der Waals surface area contributed by atoms with Crippen molar-refractivity contribution < 1.29 is 27.9 Å². The van der Waals surface area contributed by atoms with Gasteiger partial charge < -0.3 is 10.4 Å². The number of unbranched alkanes of at least 4 members (excludes halogenated alkanes) is 3. The number of hydrogen-bond acceptors (Lipinski definition) is 2. The van der Waals surface area contributed by atoms with Crippen LogP contribution in [0.25, 0.3) is 0 Å². The number of nitrogens with one attached hydrogen (secondary N) is 1. The third-order valence-corrected chi connectivity index (χ3v) is 4.53. The number of hydrogen-bond donors (Lipinski definition) is 2. The first-order valence-corrected chi connectivity index (χ1v) is 8.43. The highest BCUT2D eigenvalue weighted by atomic mass is 19.4. The number of rotatable bonds is 9. The van der Waals surface area contributed by atoms with E-state index in [2.05, 4.69) is 5.32 Å². The van der Waals surface area contributed by atoms with Gasteiger partial charge in [-0.1, -0.05) is 31.0 Å². The van der Waals surface area contributed by atoms with Gasteiger partial charge in [0.2, 0.25) is 5.91 Å². The van der Waals surface area contributed by atoms with Gasteiger partial charge in [-0.15, -0.1) is 0 Å². The molecule has 138 valence electrons. The number of alkyl halides is 3. The third kappa shape index (κ3) is 5.21. The molecule has 0 radical (unpaired) electrons. The van der Waals surface area contributed by atoms with Crippen molar-refractivity contribution in [1.29, 1.82) is 0 Å². The van der Waals surface area contributed by atoms with E-state index in [1.807, 2.05) is 0 Å². The molecule has 1 aromatic carbocycles.